The molecule has 3 rings (SSSR count). The number of hydrogen-bond donors (Lipinski definition) is 1. The molecule has 0 aliphatic heterocycles. The van der Waals surface area contributed by atoms with Crippen molar-refractivity contribution in [2.45, 2.75) is 44.2 Å². The molecule has 2 aromatic rings. The maximum atomic E-state index is 10.3. The molecule has 1 N–H and O–H groups in total. The molecule has 0 aromatic carbocycles. The highest BCUT2D eigenvalue weighted by molar-refractivity contribution is 6.34. The van der Waals surface area contributed by atoms with Crippen molar-refractivity contribution in [2.24, 2.45) is 0 Å². The van der Waals surface area contributed by atoms with E-state index in [1.807, 2.05) is 16.9 Å². The van der Waals surface area contributed by atoms with Crippen molar-refractivity contribution in [1.29, 1.82) is 0 Å². The fourth-order valence-corrected chi connectivity index (χ4v) is 3.33. The van der Waals surface area contributed by atoms with Crippen molar-refractivity contribution >= 4 is 23.2 Å². The first-order valence-electron chi connectivity index (χ1n) is 7.16. The van der Waals surface area contributed by atoms with Crippen molar-refractivity contribution in [2.75, 3.05) is 0 Å². The van der Waals surface area contributed by atoms with E-state index in [0.29, 0.717) is 28.2 Å². The first-order valence-corrected chi connectivity index (χ1v) is 7.92. The van der Waals surface area contributed by atoms with E-state index in [1.165, 1.54) is 31.9 Å². The number of aromatic nitrogens is 3. The van der Waals surface area contributed by atoms with Gasteiger partial charge in [-0.2, -0.15) is 5.10 Å². The summed E-state index contributed by atoms with van der Waals surface area (Å²) < 4.78 is 2.02. The Balaban J connectivity index is 1.70. The molecule has 0 amide bonds. The molecule has 6 heteroatoms. The van der Waals surface area contributed by atoms with Crippen LogP contribution in [0.4, 0.5) is 0 Å². The fourth-order valence-electron chi connectivity index (χ4n) is 2.82. The summed E-state index contributed by atoms with van der Waals surface area (Å²) in [5.41, 5.74) is 1.29. The summed E-state index contributed by atoms with van der Waals surface area (Å²) in [7, 11) is 0. The van der Waals surface area contributed by atoms with E-state index >= 15 is 0 Å². The fraction of sp³-hybridized carbons (Fsp3) is 0.467. The molecule has 2 aromatic heterocycles. The van der Waals surface area contributed by atoms with E-state index in [9.17, 15) is 5.11 Å². The zero-order chi connectivity index (χ0) is 14.8. The van der Waals surface area contributed by atoms with Gasteiger partial charge in [0.1, 0.15) is 6.10 Å². The summed E-state index contributed by atoms with van der Waals surface area (Å²) in [4.78, 5) is 4.11. The van der Waals surface area contributed by atoms with Gasteiger partial charge in [-0.25, -0.2) is 0 Å². The second kappa shape index (κ2) is 6.34. The molecule has 0 radical (unpaired) electrons. The lowest BCUT2D eigenvalue weighted by Crippen LogP contribution is -2.08. The topological polar surface area (TPSA) is 50.9 Å². The maximum Gasteiger partial charge on any atom is 0.103 e. The highest BCUT2D eigenvalue weighted by Gasteiger charge is 2.19. The van der Waals surface area contributed by atoms with Gasteiger partial charge in [0.25, 0.3) is 0 Å². The Bertz CT molecular complexity index is 623. The number of nitrogens with zero attached hydrogens (tertiary/aromatic N) is 3. The number of aliphatic hydroxyl groups is 1. The largest absolute Gasteiger partial charge is 0.386 e. The van der Waals surface area contributed by atoms with Crippen LogP contribution in [0, 0.1) is 0 Å². The summed E-state index contributed by atoms with van der Waals surface area (Å²) in [6.45, 7) is 0. The van der Waals surface area contributed by atoms with Gasteiger partial charge in [0.2, 0.25) is 0 Å². The number of aliphatic hydroxyl groups excluding tert-OH is 1. The molecule has 1 saturated carbocycles. The first kappa shape index (κ1) is 14.8. The second-order valence-corrected chi connectivity index (χ2v) is 6.31. The molecular formula is C15H17Cl2N3O. The van der Waals surface area contributed by atoms with Crippen LogP contribution in [0.15, 0.2) is 24.5 Å². The van der Waals surface area contributed by atoms with Crippen molar-refractivity contribution < 1.29 is 5.11 Å². The lowest BCUT2D eigenvalue weighted by atomic mass is 10.1. The van der Waals surface area contributed by atoms with E-state index in [2.05, 4.69) is 10.1 Å². The van der Waals surface area contributed by atoms with Crippen LogP contribution >= 0.6 is 23.2 Å². The molecule has 1 unspecified atom stereocenters. The van der Waals surface area contributed by atoms with E-state index in [4.69, 9.17) is 23.2 Å². The monoisotopic (exact) mass is 325 g/mol. The molecule has 1 fully saturated rings. The first-order chi connectivity index (χ1) is 10.1. The molecule has 112 valence electrons. The summed E-state index contributed by atoms with van der Waals surface area (Å²) in [5.74, 6) is 0. The van der Waals surface area contributed by atoms with Crippen molar-refractivity contribution in [1.82, 2.24) is 14.8 Å². The minimum Gasteiger partial charge on any atom is -0.386 e. The van der Waals surface area contributed by atoms with Gasteiger partial charge in [-0.05, 0) is 25.0 Å². The Kier molecular flexibility index (Phi) is 4.48. The third kappa shape index (κ3) is 3.39. The molecule has 0 spiro atoms. The van der Waals surface area contributed by atoms with E-state index in [0.717, 1.165) is 5.69 Å². The van der Waals surface area contributed by atoms with E-state index in [-0.39, 0.29) is 0 Å². The van der Waals surface area contributed by atoms with Gasteiger partial charge in [0.05, 0.1) is 27.5 Å². The van der Waals surface area contributed by atoms with Crippen LogP contribution in [0.2, 0.25) is 10.0 Å². The number of halogens is 2. The van der Waals surface area contributed by atoms with Crippen LogP contribution in [-0.4, -0.2) is 19.9 Å². The Labute approximate surface area is 133 Å². The Hall–Kier alpha value is -1.10. The third-order valence-electron chi connectivity index (χ3n) is 3.92. The van der Waals surface area contributed by atoms with Gasteiger partial charge in [-0.1, -0.05) is 36.0 Å². The summed E-state index contributed by atoms with van der Waals surface area (Å²) in [6.07, 6.45) is 8.02. The van der Waals surface area contributed by atoms with Gasteiger partial charge < -0.3 is 5.11 Å². The van der Waals surface area contributed by atoms with Crippen LogP contribution in [-0.2, 0) is 6.42 Å². The normalized spacial score (nSPS) is 17.3. The van der Waals surface area contributed by atoms with Gasteiger partial charge >= 0.3 is 0 Å². The summed E-state index contributed by atoms with van der Waals surface area (Å²) >= 11 is 11.9. The van der Waals surface area contributed by atoms with Crippen LogP contribution in [0.1, 0.15) is 49.2 Å². The summed E-state index contributed by atoms with van der Waals surface area (Å²) in [5, 5.41) is 15.7. The Morgan fingerprint density at radius 2 is 2.10 bits per heavy atom. The molecule has 0 saturated heterocycles. The van der Waals surface area contributed by atoms with Gasteiger partial charge in [0.15, 0.2) is 0 Å². The molecule has 1 aliphatic rings. The standard InChI is InChI=1S/C15H17Cl2N3O/c16-10-7-13(17)15(18-9-10)14(21)8-11-5-6-20(19-11)12-3-1-2-4-12/h5-7,9,12,14,21H,1-4,8H2. The van der Waals surface area contributed by atoms with Crippen LogP contribution in [0.3, 0.4) is 0 Å². The zero-order valence-electron chi connectivity index (χ0n) is 11.5. The van der Waals surface area contributed by atoms with Crippen molar-refractivity contribution in [3.05, 3.63) is 46.0 Å². The smallest absolute Gasteiger partial charge is 0.103 e. The predicted molar refractivity (Wildman–Crippen MR) is 82.7 cm³/mol. The van der Waals surface area contributed by atoms with E-state index in [1.54, 1.807) is 6.07 Å². The maximum absolute atomic E-state index is 10.3. The van der Waals surface area contributed by atoms with Crippen LogP contribution < -0.4 is 0 Å². The summed E-state index contributed by atoms with van der Waals surface area (Å²) in [6, 6.07) is 4.05. The van der Waals surface area contributed by atoms with Gasteiger partial charge in [-0.15, -0.1) is 0 Å². The molecule has 0 bridgehead atoms. The molecule has 2 heterocycles. The quantitative estimate of drug-likeness (QED) is 0.925. The molecule has 4 nitrogen and oxygen atoms in total. The van der Waals surface area contributed by atoms with Crippen molar-refractivity contribution in [3.8, 4) is 0 Å². The molecule has 1 aliphatic carbocycles. The lowest BCUT2D eigenvalue weighted by molar-refractivity contribution is 0.172. The molecule has 21 heavy (non-hydrogen) atoms. The second-order valence-electron chi connectivity index (χ2n) is 5.47. The number of pyridine rings is 1. The highest BCUT2D eigenvalue weighted by atomic mass is 35.5. The van der Waals surface area contributed by atoms with Crippen LogP contribution in [0.25, 0.3) is 0 Å². The third-order valence-corrected chi connectivity index (χ3v) is 4.43. The minimum absolute atomic E-state index is 0.380. The lowest BCUT2D eigenvalue weighted by Gasteiger charge is -2.11. The minimum atomic E-state index is -0.776. The number of hydrogen-bond acceptors (Lipinski definition) is 3. The Morgan fingerprint density at radius 3 is 2.81 bits per heavy atom. The predicted octanol–water partition coefficient (Wildman–Crippen LogP) is 3.98. The van der Waals surface area contributed by atoms with E-state index < -0.39 is 6.10 Å². The van der Waals surface area contributed by atoms with Gasteiger partial charge in [-0.3, -0.25) is 9.67 Å². The van der Waals surface area contributed by atoms with Crippen molar-refractivity contribution in [3.63, 3.8) is 0 Å². The SMILES string of the molecule is OC(Cc1ccn(C2CCCC2)n1)c1ncc(Cl)cc1Cl. The highest BCUT2D eigenvalue weighted by Crippen LogP contribution is 2.30. The zero-order valence-corrected chi connectivity index (χ0v) is 13.1. The molecule has 1 atom stereocenters. The average Bonchev–Trinajstić information content (AvgIpc) is 3.08. The number of rotatable bonds is 4. The van der Waals surface area contributed by atoms with Crippen LogP contribution in [0.5, 0.6) is 0 Å². The average molecular weight is 326 g/mol. The van der Waals surface area contributed by atoms with Gasteiger partial charge in [0, 0.05) is 18.8 Å². The Morgan fingerprint density at radius 1 is 1.33 bits per heavy atom. The molecular weight excluding hydrogens is 309 g/mol.